The first-order valence-corrected chi connectivity index (χ1v) is 12.4. The molecule has 4 aromatic rings. The van der Waals surface area contributed by atoms with Crippen molar-refractivity contribution in [3.63, 3.8) is 0 Å². The highest BCUT2D eigenvalue weighted by Crippen LogP contribution is 2.35. The third kappa shape index (κ3) is 5.70. The van der Waals surface area contributed by atoms with Crippen LogP contribution >= 0.6 is 0 Å². The molecule has 0 amide bonds. The van der Waals surface area contributed by atoms with E-state index in [1.54, 1.807) is 27.5 Å². The highest BCUT2D eigenvalue weighted by atomic mass is 16.5. The van der Waals surface area contributed by atoms with Gasteiger partial charge in [-0.2, -0.15) is 0 Å². The normalized spacial score (nSPS) is 13.4. The molecule has 0 saturated carbocycles. The molecule has 0 atom stereocenters. The second kappa shape index (κ2) is 11.3. The number of morpholine rings is 1. The van der Waals surface area contributed by atoms with Gasteiger partial charge in [0.15, 0.2) is 0 Å². The molecule has 192 valence electrons. The third-order valence-electron chi connectivity index (χ3n) is 6.55. The number of ether oxygens (including phenoxy) is 4. The minimum Gasteiger partial charge on any atom is -0.497 e. The molecule has 1 N–H and O–H groups in total. The van der Waals surface area contributed by atoms with E-state index in [0.717, 1.165) is 83.3 Å². The Kier molecular flexibility index (Phi) is 7.56. The van der Waals surface area contributed by atoms with E-state index in [0.29, 0.717) is 12.5 Å². The summed E-state index contributed by atoms with van der Waals surface area (Å²) in [5.41, 5.74) is 4.18. The molecule has 0 aliphatic carbocycles. The van der Waals surface area contributed by atoms with Crippen molar-refractivity contribution in [1.29, 1.82) is 0 Å². The Balaban J connectivity index is 1.39. The molecule has 1 saturated heterocycles. The summed E-state index contributed by atoms with van der Waals surface area (Å²) in [6.45, 7) is 3.81. The van der Waals surface area contributed by atoms with Gasteiger partial charge in [0.2, 0.25) is 5.95 Å². The van der Waals surface area contributed by atoms with E-state index < -0.39 is 0 Å². The number of benzene rings is 3. The molecular weight excluding hydrogens is 468 g/mol. The molecule has 37 heavy (non-hydrogen) atoms. The standard InChI is InChI=1S/C29H32N4O4/c1-34-23-5-4-21-16-22(17-28(26(21)19-23)33-10-12-37-13-11-33)27-7-9-31-29(32-27)30-8-6-20-14-24(35-2)18-25(15-20)36-3/h4-5,7,9,14-19H,6,8,10-13H2,1-3H3,(H,30,31,32). The number of fused-ring (bicyclic) bond motifs is 1. The topological polar surface area (TPSA) is 78.0 Å². The lowest BCUT2D eigenvalue weighted by molar-refractivity contribution is 0.123. The maximum Gasteiger partial charge on any atom is 0.223 e. The minimum absolute atomic E-state index is 0.593. The van der Waals surface area contributed by atoms with Crippen molar-refractivity contribution in [3.05, 3.63) is 66.4 Å². The molecular formula is C29H32N4O4. The fraction of sp³-hybridized carbons (Fsp3) is 0.310. The third-order valence-corrected chi connectivity index (χ3v) is 6.55. The summed E-state index contributed by atoms with van der Waals surface area (Å²) in [4.78, 5) is 11.6. The van der Waals surface area contributed by atoms with E-state index >= 15 is 0 Å². The van der Waals surface area contributed by atoms with Crippen LogP contribution in [0.1, 0.15) is 5.56 Å². The summed E-state index contributed by atoms with van der Waals surface area (Å²) in [7, 11) is 5.01. The number of nitrogens with zero attached hydrogens (tertiary/aromatic N) is 3. The van der Waals surface area contributed by atoms with Gasteiger partial charge in [0.25, 0.3) is 0 Å². The van der Waals surface area contributed by atoms with Gasteiger partial charge in [-0.1, -0.05) is 6.07 Å². The van der Waals surface area contributed by atoms with Gasteiger partial charge < -0.3 is 29.2 Å². The van der Waals surface area contributed by atoms with Crippen LogP contribution in [-0.4, -0.2) is 64.1 Å². The average molecular weight is 501 g/mol. The van der Waals surface area contributed by atoms with E-state index in [4.69, 9.17) is 23.9 Å². The summed E-state index contributed by atoms with van der Waals surface area (Å²) in [6, 6.07) is 18.4. The number of hydrogen-bond donors (Lipinski definition) is 1. The molecule has 1 fully saturated rings. The maximum atomic E-state index is 5.59. The largest absolute Gasteiger partial charge is 0.497 e. The molecule has 0 radical (unpaired) electrons. The van der Waals surface area contributed by atoms with Gasteiger partial charge in [0, 0.05) is 48.5 Å². The molecule has 3 aromatic carbocycles. The van der Waals surface area contributed by atoms with Crippen molar-refractivity contribution in [3.8, 4) is 28.5 Å². The van der Waals surface area contributed by atoms with Crippen molar-refractivity contribution in [2.75, 3.05) is 64.4 Å². The van der Waals surface area contributed by atoms with Gasteiger partial charge in [0.1, 0.15) is 17.2 Å². The number of anilines is 2. The first-order valence-electron chi connectivity index (χ1n) is 12.4. The lowest BCUT2D eigenvalue weighted by Crippen LogP contribution is -2.36. The van der Waals surface area contributed by atoms with Gasteiger partial charge in [-0.15, -0.1) is 0 Å². The summed E-state index contributed by atoms with van der Waals surface area (Å²) < 4.78 is 21.9. The van der Waals surface area contributed by atoms with Gasteiger partial charge in [-0.3, -0.25) is 0 Å². The van der Waals surface area contributed by atoms with E-state index in [2.05, 4.69) is 39.5 Å². The Morgan fingerprint density at radius 1 is 0.865 bits per heavy atom. The average Bonchev–Trinajstić information content (AvgIpc) is 2.96. The smallest absolute Gasteiger partial charge is 0.223 e. The maximum absolute atomic E-state index is 5.59. The molecule has 8 heteroatoms. The van der Waals surface area contributed by atoms with Gasteiger partial charge >= 0.3 is 0 Å². The van der Waals surface area contributed by atoms with Crippen molar-refractivity contribution in [2.24, 2.45) is 0 Å². The van der Waals surface area contributed by atoms with Gasteiger partial charge in [-0.25, -0.2) is 9.97 Å². The number of methoxy groups -OCH3 is 3. The quantitative estimate of drug-likeness (QED) is 0.351. The Morgan fingerprint density at radius 3 is 2.35 bits per heavy atom. The lowest BCUT2D eigenvalue weighted by atomic mass is 10.0. The van der Waals surface area contributed by atoms with E-state index in [1.807, 2.05) is 30.3 Å². The number of rotatable bonds is 9. The van der Waals surface area contributed by atoms with Crippen molar-refractivity contribution in [1.82, 2.24) is 9.97 Å². The Labute approximate surface area is 217 Å². The Morgan fingerprint density at radius 2 is 1.62 bits per heavy atom. The molecule has 1 aliphatic rings. The molecule has 1 aliphatic heterocycles. The fourth-order valence-corrected chi connectivity index (χ4v) is 4.59. The molecule has 2 heterocycles. The second-order valence-electron chi connectivity index (χ2n) is 8.85. The van der Waals surface area contributed by atoms with E-state index in [9.17, 15) is 0 Å². The number of nitrogens with one attached hydrogen (secondary N) is 1. The summed E-state index contributed by atoms with van der Waals surface area (Å²) in [5.74, 6) is 2.99. The van der Waals surface area contributed by atoms with Crippen molar-refractivity contribution in [2.45, 2.75) is 6.42 Å². The highest BCUT2D eigenvalue weighted by Gasteiger charge is 2.17. The van der Waals surface area contributed by atoms with Gasteiger partial charge in [0.05, 0.1) is 40.2 Å². The SMILES string of the molecule is COc1cc(CCNc2nccc(-c3cc(N4CCOCC4)c4cc(OC)ccc4c3)n2)cc(OC)c1. The van der Waals surface area contributed by atoms with Crippen LogP contribution in [0.25, 0.3) is 22.0 Å². The van der Waals surface area contributed by atoms with Crippen LogP contribution in [0.2, 0.25) is 0 Å². The van der Waals surface area contributed by atoms with Crippen LogP contribution in [0.3, 0.4) is 0 Å². The van der Waals surface area contributed by atoms with E-state index in [1.165, 1.54) is 0 Å². The van der Waals surface area contributed by atoms with E-state index in [-0.39, 0.29) is 0 Å². The molecule has 1 aromatic heterocycles. The molecule has 0 spiro atoms. The molecule has 8 nitrogen and oxygen atoms in total. The molecule has 5 rings (SSSR count). The van der Waals surface area contributed by atoms with Crippen LogP contribution in [0, 0.1) is 0 Å². The Hall–Kier alpha value is -4.04. The summed E-state index contributed by atoms with van der Waals surface area (Å²) >= 11 is 0. The van der Waals surface area contributed by atoms with Crippen molar-refractivity contribution >= 4 is 22.4 Å². The van der Waals surface area contributed by atoms with Crippen LogP contribution in [0.4, 0.5) is 11.6 Å². The predicted octanol–water partition coefficient (Wildman–Crippen LogP) is 4.81. The van der Waals surface area contributed by atoms with Crippen LogP contribution < -0.4 is 24.4 Å². The first kappa shape index (κ1) is 24.6. The highest BCUT2D eigenvalue weighted by molar-refractivity contribution is 5.98. The zero-order chi connectivity index (χ0) is 25.6. The molecule has 0 unspecified atom stereocenters. The zero-order valence-electron chi connectivity index (χ0n) is 21.5. The number of hydrogen-bond acceptors (Lipinski definition) is 8. The lowest BCUT2D eigenvalue weighted by Gasteiger charge is -2.30. The second-order valence-corrected chi connectivity index (χ2v) is 8.85. The predicted molar refractivity (Wildman–Crippen MR) is 146 cm³/mol. The monoisotopic (exact) mass is 500 g/mol. The fourth-order valence-electron chi connectivity index (χ4n) is 4.59. The Bertz CT molecular complexity index is 1350. The summed E-state index contributed by atoms with van der Waals surface area (Å²) in [5, 5.41) is 5.66. The van der Waals surface area contributed by atoms with Crippen molar-refractivity contribution < 1.29 is 18.9 Å². The van der Waals surface area contributed by atoms with Crippen LogP contribution in [0.15, 0.2) is 60.8 Å². The number of aromatic nitrogens is 2. The summed E-state index contributed by atoms with van der Waals surface area (Å²) in [6.07, 6.45) is 2.58. The van der Waals surface area contributed by atoms with Crippen LogP contribution in [0.5, 0.6) is 17.2 Å². The first-order chi connectivity index (χ1) is 18.2. The van der Waals surface area contributed by atoms with Crippen LogP contribution in [-0.2, 0) is 11.2 Å². The minimum atomic E-state index is 0.593. The molecule has 0 bridgehead atoms. The van der Waals surface area contributed by atoms with Gasteiger partial charge in [-0.05, 0) is 59.8 Å². The zero-order valence-corrected chi connectivity index (χ0v) is 21.5.